The van der Waals surface area contributed by atoms with Crippen LogP contribution in [0.3, 0.4) is 0 Å². The van der Waals surface area contributed by atoms with Gasteiger partial charge in [0.25, 0.3) is 0 Å². The summed E-state index contributed by atoms with van der Waals surface area (Å²) >= 11 is 0.249. The number of hydrogen-bond donors (Lipinski definition) is 0. The molecule has 0 atom stereocenters. The molecule has 0 fully saturated rings. The molecule has 1 heteroatoms. The maximum atomic E-state index is 2.25. The number of hydrogen-bond acceptors (Lipinski definition) is 0. The molecule has 4 aromatic rings. The van der Waals surface area contributed by atoms with Gasteiger partial charge in [-0.05, 0) is 0 Å². The van der Waals surface area contributed by atoms with E-state index in [1.165, 1.54) is 31.2 Å². The third-order valence-corrected chi connectivity index (χ3v) is 6.56. The summed E-state index contributed by atoms with van der Waals surface area (Å²) < 4.78 is 2.84. The molecule has 0 amide bonds. The Morgan fingerprint density at radius 1 is 0.400 bits per heavy atom. The van der Waals surface area contributed by atoms with Gasteiger partial charge in [-0.1, -0.05) is 0 Å². The second-order valence-corrected chi connectivity index (χ2v) is 8.10. The first-order valence-electron chi connectivity index (χ1n) is 8.38. The molecule has 0 N–H and O–H groups in total. The molecule has 0 aliphatic carbocycles. The predicted molar refractivity (Wildman–Crippen MR) is 109 cm³/mol. The van der Waals surface area contributed by atoms with Gasteiger partial charge >= 0.3 is 155 Å². The van der Waals surface area contributed by atoms with Gasteiger partial charge in [-0.25, -0.2) is 0 Å². The first kappa shape index (κ1) is 15.9. The van der Waals surface area contributed by atoms with Crippen molar-refractivity contribution in [2.75, 3.05) is 0 Å². The Labute approximate surface area is 155 Å². The zero-order valence-electron chi connectivity index (χ0n) is 13.8. The van der Waals surface area contributed by atoms with Crippen molar-refractivity contribution in [1.29, 1.82) is 0 Å². The summed E-state index contributed by atoms with van der Waals surface area (Å²) in [5.41, 5.74) is 5.25. The molecule has 0 saturated carbocycles. The molecule has 0 heterocycles. The summed E-state index contributed by atoms with van der Waals surface area (Å²) in [7, 11) is 0. The maximum absolute atomic E-state index is 2.25. The summed E-state index contributed by atoms with van der Waals surface area (Å²) in [5, 5.41) is 0. The Morgan fingerprint density at radius 2 is 0.840 bits per heavy atom. The van der Waals surface area contributed by atoms with Crippen LogP contribution in [0, 0.1) is 0 Å². The van der Waals surface area contributed by atoms with E-state index < -0.39 is 0 Å². The van der Waals surface area contributed by atoms with Gasteiger partial charge in [0.2, 0.25) is 0 Å². The van der Waals surface area contributed by atoms with Crippen molar-refractivity contribution >= 4 is 23.9 Å². The van der Waals surface area contributed by atoms with E-state index in [0.717, 1.165) is 0 Å². The summed E-state index contributed by atoms with van der Waals surface area (Å²) in [6.45, 7) is 0. The van der Waals surface area contributed by atoms with E-state index in [1.807, 2.05) is 0 Å². The van der Waals surface area contributed by atoms with Crippen molar-refractivity contribution in [3.63, 3.8) is 0 Å². The van der Waals surface area contributed by atoms with Crippen LogP contribution in [0.4, 0.5) is 0 Å². The van der Waals surface area contributed by atoms with Crippen molar-refractivity contribution in [2.45, 2.75) is 0 Å². The minimum atomic E-state index is 0.249. The summed E-state index contributed by atoms with van der Waals surface area (Å²) in [6.07, 6.45) is 0. The molecule has 0 unspecified atom stereocenters. The molecule has 0 saturated heterocycles. The normalized spacial score (nSPS) is 10.6. The molecule has 4 rings (SSSR count). The predicted octanol–water partition coefficient (Wildman–Crippen LogP) is 4.68. The first-order valence-corrected chi connectivity index (χ1v) is 10.1. The van der Waals surface area contributed by atoms with E-state index in [0.29, 0.717) is 0 Å². The zero-order chi connectivity index (χ0) is 16.9. The van der Waals surface area contributed by atoms with Gasteiger partial charge in [-0.15, -0.1) is 0 Å². The van der Waals surface area contributed by atoms with Crippen molar-refractivity contribution < 1.29 is 0 Å². The molecule has 25 heavy (non-hydrogen) atoms. The number of benzene rings is 4. The Kier molecular flexibility index (Phi) is 4.79. The molecule has 120 valence electrons. The standard InChI is InChI=1S/C24H18Se/c1-4-11-19(12-5-1)22-17-10-18-23(20-13-6-2-7-14-20)24(22)25-21-15-8-3-9-16-21/h1-18H. The second-order valence-electron chi connectivity index (χ2n) is 5.83. The average molecular weight is 385 g/mol. The molecule has 0 aromatic heterocycles. The average Bonchev–Trinajstić information content (AvgIpc) is 2.70. The monoisotopic (exact) mass is 386 g/mol. The van der Waals surface area contributed by atoms with Gasteiger partial charge in [-0.2, -0.15) is 0 Å². The molecule has 0 bridgehead atoms. The van der Waals surface area contributed by atoms with Crippen LogP contribution in [0.2, 0.25) is 0 Å². The van der Waals surface area contributed by atoms with E-state index in [1.54, 1.807) is 0 Å². The van der Waals surface area contributed by atoms with Crippen LogP contribution in [-0.2, 0) is 0 Å². The first-order chi connectivity index (χ1) is 12.4. The Hall–Kier alpha value is -2.60. The Morgan fingerprint density at radius 3 is 1.32 bits per heavy atom. The Bertz CT molecular complexity index is 887. The van der Waals surface area contributed by atoms with E-state index in [4.69, 9.17) is 0 Å². The third kappa shape index (κ3) is 3.58. The molecule has 0 nitrogen and oxygen atoms in total. The molecule has 0 radical (unpaired) electrons. The van der Waals surface area contributed by atoms with Crippen molar-refractivity contribution in [1.82, 2.24) is 0 Å². The molecule has 0 aliphatic heterocycles. The quantitative estimate of drug-likeness (QED) is 0.448. The van der Waals surface area contributed by atoms with Crippen LogP contribution in [0.15, 0.2) is 109 Å². The molecule has 0 aliphatic rings. The molecule has 4 aromatic carbocycles. The van der Waals surface area contributed by atoms with Crippen LogP contribution in [0.1, 0.15) is 0 Å². The SMILES string of the molecule is c1ccc([Se]c2c(-c3ccccc3)cccc2-c2ccccc2)cc1. The molecule has 0 spiro atoms. The van der Waals surface area contributed by atoms with Crippen molar-refractivity contribution in [3.05, 3.63) is 109 Å². The van der Waals surface area contributed by atoms with Crippen LogP contribution in [-0.4, -0.2) is 15.0 Å². The minimum absolute atomic E-state index is 0.249. The van der Waals surface area contributed by atoms with Gasteiger partial charge in [0.15, 0.2) is 0 Å². The van der Waals surface area contributed by atoms with Gasteiger partial charge in [0.1, 0.15) is 0 Å². The van der Waals surface area contributed by atoms with E-state index in [2.05, 4.69) is 109 Å². The van der Waals surface area contributed by atoms with Crippen LogP contribution >= 0.6 is 0 Å². The van der Waals surface area contributed by atoms with Gasteiger partial charge < -0.3 is 0 Å². The summed E-state index contributed by atoms with van der Waals surface area (Å²) in [6, 6.07) is 38.9. The van der Waals surface area contributed by atoms with Gasteiger partial charge in [0.05, 0.1) is 0 Å². The van der Waals surface area contributed by atoms with Gasteiger partial charge in [-0.3, -0.25) is 0 Å². The summed E-state index contributed by atoms with van der Waals surface area (Å²) in [4.78, 5) is 0. The van der Waals surface area contributed by atoms with E-state index >= 15 is 0 Å². The van der Waals surface area contributed by atoms with E-state index in [-0.39, 0.29) is 15.0 Å². The van der Waals surface area contributed by atoms with Crippen LogP contribution < -0.4 is 8.92 Å². The van der Waals surface area contributed by atoms with Crippen molar-refractivity contribution in [2.24, 2.45) is 0 Å². The van der Waals surface area contributed by atoms with E-state index in [9.17, 15) is 0 Å². The summed E-state index contributed by atoms with van der Waals surface area (Å²) in [5.74, 6) is 0. The fourth-order valence-electron chi connectivity index (χ4n) is 2.94. The third-order valence-electron chi connectivity index (χ3n) is 4.15. The molecular formula is C24H18Se. The van der Waals surface area contributed by atoms with Gasteiger partial charge in [0, 0.05) is 0 Å². The van der Waals surface area contributed by atoms with Crippen LogP contribution in [0.25, 0.3) is 22.3 Å². The number of rotatable bonds is 4. The fraction of sp³-hybridized carbons (Fsp3) is 0. The zero-order valence-corrected chi connectivity index (χ0v) is 15.5. The fourth-order valence-corrected chi connectivity index (χ4v) is 5.29. The Balaban J connectivity index is 1.90. The second kappa shape index (κ2) is 7.53. The molecular weight excluding hydrogens is 367 g/mol. The topological polar surface area (TPSA) is 0 Å². The van der Waals surface area contributed by atoms with Crippen molar-refractivity contribution in [3.8, 4) is 22.3 Å². The van der Waals surface area contributed by atoms with Crippen LogP contribution in [0.5, 0.6) is 0 Å².